The van der Waals surface area contributed by atoms with E-state index >= 15 is 0 Å². The van der Waals surface area contributed by atoms with Crippen LogP contribution in [0.3, 0.4) is 0 Å². The molecular weight excluding hydrogens is 497 g/mol. The van der Waals surface area contributed by atoms with Crippen molar-refractivity contribution < 1.29 is 9.59 Å². The normalized spacial score (nSPS) is 13.4. The van der Waals surface area contributed by atoms with Gasteiger partial charge in [0.1, 0.15) is 9.88 Å². The van der Waals surface area contributed by atoms with E-state index in [1.807, 2.05) is 42.5 Å². The molecule has 0 radical (unpaired) electrons. The molecule has 170 valence electrons. The van der Waals surface area contributed by atoms with Crippen LogP contribution in [-0.2, 0) is 19.5 Å². The smallest absolute Gasteiger partial charge is 0.267 e. The Labute approximate surface area is 210 Å². The molecule has 2 amide bonds. The number of rotatable bonds is 5. The summed E-state index contributed by atoms with van der Waals surface area (Å²) in [6.07, 6.45) is 0.719. The van der Waals surface area contributed by atoms with Crippen LogP contribution in [0.2, 0.25) is 5.02 Å². The summed E-state index contributed by atoms with van der Waals surface area (Å²) < 4.78 is 0.944. The van der Waals surface area contributed by atoms with Crippen LogP contribution in [0, 0.1) is 0 Å². The molecule has 0 saturated carbocycles. The topological polar surface area (TPSA) is 75.4 Å². The van der Waals surface area contributed by atoms with Crippen LogP contribution >= 0.6 is 46.7 Å². The number of amides is 2. The number of hydrogen-bond donors (Lipinski definition) is 2. The summed E-state index contributed by atoms with van der Waals surface area (Å²) in [6, 6.07) is 17.9. The van der Waals surface area contributed by atoms with Crippen LogP contribution in [0.15, 0.2) is 54.6 Å². The monoisotopic (exact) mass is 517 g/mol. The second-order valence-electron chi connectivity index (χ2n) is 7.71. The Morgan fingerprint density at radius 2 is 1.79 bits per heavy atom. The van der Waals surface area contributed by atoms with E-state index in [4.69, 9.17) is 17.3 Å². The van der Waals surface area contributed by atoms with Gasteiger partial charge >= 0.3 is 0 Å². The quantitative estimate of drug-likeness (QED) is 0.343. The summed E-state index contributed by atoms with van der Waals surface area (Å²) in [6.45, 7) is 2.38. The van der Waals surface area contributed by atoms with Crippen LogP contribution in [0.5, 0.6) is 0 Å². The number of fused-ring (bicyclic) bond motifs is 2. The van der Waals surface area contributed by atoms with Gasteiger partial charge in [-0.2, -0.15) is 0 Å². The molecule has 3 N–H and O–H groups in total. The van der Waals surface area contributed by atoms with Gasteiger partial charge in [0, 0.05) is 34.6 Å². The molecule has 0 aliphatic carbocycles. The molecule has 33 heavy (non-hydrogen) atoms. The van der Waals surface area contributed by atoms with Crippen molar-refractivity contribution in [3.63, 3.8) is 0 Å². The number of thiophene rings is 2. The molecule has 1 aliphatic rings. The highest BCUT2D eigenvalue weighted by Crippen LogP contribution is 2.39. The zero-order valence-corrected chi connectivity index (χ0v) is 20.7. The summed E-state index contributed by atoms with van der Waals surface area (Å²) in [5, 5.41) is 4.70. The maximum atomic E-state index is 13.1. The van der Waals surface area contributed by atoms with Gasteiger partial charge in [-0.3, -0.25) is 14.5 Å². The molecule has 3 heterocycles. The molecule has 4 aromatic rings. The molecule has 0 atom stereocenters. The number of anilines is 1. The van der Waals surface area contributed by atoms with E-state index in [1.54, 1.807) is 0 Å². The summed E-state index contributed by atoms with van der Waals surface area (Å²) in [5.74, 6) is -0.838. The van der Waals surface area contributed by atoms with Crippen molar-refractivity contribution in [2.75, 3.05) is 11.9 Å². The van der Waals surface area contributed by atoms with Gasteiger partial charge in [-0.05, 0) is 23.6 Å². The van der Waals surface area contributed by atoms with E-state index in [-0.39, 0.29) is 18.3 Å². The summed E-state index contributed by atoms with van der Waals surface area (Å²) in [7, 11) is 0. The van der Waals surface area contributed by atoms with Crippen LogP contribution in [0.25, 0.3) is 10.1 Å². The molecular formula is C24H21Cl2N3O2S2. The van der Waals surface area contributed by atoms with Crippen molar-refractivity contribution in [1.82, 2.24) is 4.90 Å². The Kier molecular flexibility index (Phi) is 7.07. The van der Waals surface area contributed by atoms with Gasteiger partial charge in [0.15, 0.2) is 0 Å². The first-order valence-corrected chi connectivity index (χ1v) is 12.2. The number of hydrogen-bond acceptors (Lipinski definition) is 5. The molecule has 5 nitrogen and oxygen atoms in total. The van der Waals surface area contributed by atoms with E-state index in [2.05, 4.69) is 22.3 Å². The van der Waals surface area contributed by atoms with Gasteiger partial charge in [-0.25, -0.2) is 0 Å². The first-order valence-electron chi connectivity index (χ1n) is 10.2. The number of carbonyl (C=O) groups is 2. The lowest BCUT2D eigenvalue weighted by Gasteiger charge is -2.27. The standard InChI is InChI=1S/C24H20ClN3O2S2.ClH/c25-20-16-8-4-5-9-17(16)31-21(20)23(30)27-24-19(22(26)29)15-10-11-28(13-18(15)32-24)12-14-6-2-1-3-7-14;/h1-9H,10-13H2,(H2,26,29)(H,27,30);1H. The minimum Gasteiger partial charge on any atom is -0.365 e. The molecule has 2 aromatic carbocycles. The Balaban J connectivity index is 0.00000259. The number of benzene rings is 2. The summed E-state index contributed by atoms with van der Waals surface area (Å²) in [5.41, 5.74) is 8.35. The Morgan fingerprint density at radius 1 is 1.06 bits per heavy atom. The molecule has 9 heteroatoms. The molecule has 2 aromatic heterocycles. The summed E-state index contributed by atoms with van der Waals surface area (Å²) >= 11 is 9.24. The third kappa shape index (κ3) is 4.65. The van der Waals surface area contributed by atoms with Crippen LogP contribution in [0.4, 0.5) is 5.00 Å². The van der Waals surface area contributed by atoms with Gasteiger partial charge in [-0.1, -0.05) is 60.1 Å². The lowest BCUT2D eigenvalue weighted by Crippen LogP contribution is -2.30. The number of primary amides is 1. The van der Waals surface area contributed by atoms with Crippen molar-refractivity contribution in [2.45, 2.75) is 19.5 Å². The second kappa shape index (κ2) is 9.83. The van der Waals surface area contributed by atoms with E-state index in [9.17, 15) is 9.59 Å². The van der Waals surface area contributed by atoms with E-state index < -0.39 is 5.91 Å². The Morgan fingerprint density at radius 3 is 2.52 bits per heavy atom. The highest BCUT2D eigenvalue weighted by Gasteiger charge is 2.28. The number of nitrogens with two attached hydrogens (primary N) is 1. The maximum absolute atomic E-state index is 13.1. The maximum Gasteiger partial charge on any atom is 0.267 e. The molecule has 0 spiro atoms. The first-order chi connectivity index (χ1) is 15.5. The van der Waals surface area contributed by atoms with Gasteiger partial charge in [0.25, 0.3) is 11.8 Å². The third-order valence-corrected chi connectivity index (χ3v) is 8.41. The first kappa shape index (κ1) is 23.7. The van der Waals surface area contributed by atoms with E-state index in [0.717, 1.165) is 40.0 Å². The SMILES string of the molecule is Cl.NC(=O)c1c(NC(=O)c2sc3ccccc3c2Cl)sc2c1CCN(Cc1ccccc1)C2. The third-order valence-electron chi connectivity index (χ3n) is 5.60. The van der Waals surface area contributed by atoms with Crippen LogP contribution in [-0.4, -0.2) is 23.3 Å². The average molecular weight is 518 g/mol. The van der Waals surface area contributed by atoms with Crippen molar-refractivity contribution in [1.29, 1.82) is 0 Å². The molecule has 1 aliphatic heterocycles. The average Bonchev–Trinajstić information content (AvgIpc) is 3.31. The minimum absolute atomic E-state index is 0. The molecule has 0 fully saturated rings. The fraction of sp³-hybridized carbons (Fsp3) is 0.167. The van der Waals surface area contributed by atoms with Crippen molar-refractivity contribution in [3.05, 3.63) is 86.1 Å². The number of carbonyl (C=O) groups excluding carboxylic acids is 2. The second-order valence-corrected chi connectivity index (χ2v) is 10.2. The minimum atomic E-state index is -0.517. The number of halogens is 2. The summed E-state index contributed by atoms with van der Waals surface area (Å²) in [4.78, 5) is 29.2. The van der Waals surface area contributed by atoms with Crippen LogP contribution < -0.4 is 11.1 Å². The zero-order valence-electron chi connectivity index (χ0n) is 17.5. The highest BCUT2D eigenvalue weighted by atomic mass is 35.5. The Bertz CT molecular complexity index is 1330. The number of nitrogens with one attached hydrogen (secondary N) is 1. The van der Waals surface area contributed by atoms with Crippen molar-refractivity contribution in [2.24, 2.45) is 5.73 Å². The van der Waals surface area contributed by atoms with Crippen molar-refractivity contribution >= 4 is 73.6 Å². The molecule has 5 rings (SSSR count). The molecule has 0 bridgehead atoms. The lowest BCUT2D eigenvalue weighted by atomic mass is 10.0. The predicted molar refractivity (Wildman–Crippen MR) is 139 cm³/mol. The fourth-order valence-electron chi connectivity index (χ4n) is 4.10. The highest BCUT2D eigenvalue weighted by molar-refractivity contribution is 7.22. The van der Waals surface area contributed by atoms with Gasteiger partial charge in [0.05, 0.1) is 10.6 Å². The van der Waals surface area contributed by atoms with E-state index in [1.165, 1.54) is 28.2 Å². The van der Waals surface area contributed by atoms with E-state index in [0.29, 0.717) is 27.0 Å². The Hall–Kier alpha value is -2.42. The van der Waals surface area contributed by atoms with Gasteiger partial charge < -0.3 is 11.1 Å². The largest absolute Gasteiger partial charge is 0.365 e. The predicted octanol–water partition coefficient (Wildman–Crippen LogP) is 5.95. The fourth-order valence-corrected chi connectivity index (χ4v) is 6.80. The van der Waals surface area contributed by atoms with Gasteiger partial charge in [-0.15, -0.1) is 35.1 Å². The molecule has 0 saturated heterocycles. The zero-order chi connectivity index (χ0) is 22.2. The number of nitrogens with zero attached hydrogens (tertiary/aromatic N) is 1. The van der Waals surface area contributed by atoms with Crippen molar-refractivity contribution in [3.8, 4) is 0 Å². The van der Waals surface area contributed by atoms with Gasteiger partial charge in [0.2, 0.25) is 0 Å². The molecule has 0 unspecified atom stereocenters. The lowest BCUT2D eigenvalue weighted by molar-refractivity contribution is 0.0999. The van der Waals surface area contributed by atoms with Crippen LogP contribution in [0.1, 0.15) is 36.0 Å².